The SMILES string of the molecule is CSc1c(C#C[Si](C)(C)C)nc(N(C)C(=O)OC(C)(C)C)c2ncn(C)c12. The molecule has 0 N–H and O–H groups in total. The Bertz CT molecular complexity index is 930. The molecule has 0 atom stereocenters. The number of aryl methyl sites for hydroxylation is 1. The molecule has 1 amide bonds. The standard InChI is InChI=1S/C19H28N4O2SSi/c1-19(2,3)25-18(24)23(5)17-14-15(22(4)12-20-14)16(26-6)13(21-17)10-11-27(7,8)9/h12H,1-9H3. The fourth-order valence-electron chi connectivity index (χ4n) is 2.36. The number of carbonyl (C=O) groups excluding carboxylic acids is 1. The Kier molecular flexibility index (Phi) is 5.97. The number of hydrogen-bond donors (Lipinski definition) is 0. The summed E-state index contributed by atoms with van der Waals surface area (Å²) in [5, 5.41) is 0. The van der Waals surface area contributed by atoms with Gasteiger partial charge in [0.1, 0.15) is 24.9 Å². The summed E-state index contributed by atoms with van der Waals surface area (Å²) in [6, 6.07) is 0. The van der Waals surface area contributed by atoms with Crippen molar-refractivity contribution in [2.24, 2.45) is 7.05 Å². The summed E-state index contributed by atoms with van der Waals surface area (Å²) in [5.41, 5.74) is 5.04. The van der Waals surface area contributed by atoms with E-state index in [4.69, 9.17) is 9.72 Å². The molecule has 2 rings (SSSR count). The van der Waals surface area contributed by atoms with E-state index in [9.17, 15) is 4.79 Å². The van der Waals surface area contributed by atoms with E-state index in [1.807, 2.05) is 38.6 Å². The van der Waals surface area contributed by atoms with E-state index in [1.54, 1.807) is 25.1 Å². The van der Waals surface area contributed by atoms with Crippen LogP contribution < -0.4 is 4.90 Å². The van der Waals surface area contributed by atoms with E-state index >= 15 is 0 Å². The van der Waals surface area contributed by atoms with Gasteiger partial charge in [-0.25, -0.2) is 14.8 Å². The van der Waals surface area contributed by atoms with Crippen LogP contribution in [0.25, 0.3) is 11.0 Å². The second kappa shape index (κ2) is 7.56. The lowest BCUT2D eigenvalue weighted by Crippen LogP contribution is -2.34. The fraction of sp³-hybridized carbons (Fsp3) is 0.526. The average Bonchev–Trinajstić information content (AvgIpc) is 2.91. The Morgan fingerprint density at radius 2 is 1.96 bits per heavy atom. The van der Waals surface area contributed by atoms with Crippen LogP contribution in [0.1, 0.15) is 26.5 Å². The molecule has 0 spiro atoms. The summed E-state index contributed by atoms with van der Waals surface area (Å²) in [4.78, 5) is 24.2. The molecule has 27 heavy (non-hydrogen) atoms. The molecule has 0 unspecified atom stereocenters. The molecule has 0 bridgehead atoms. The molecule has 2 aromatic rings. The average molecular weight is 405 g/mol. The van der Waals surface area contributed by atoms with E-state index in [-0.39, 0.29) is 0 Å². The lowest BCUT2D eigenvalue weighted by molar-refractivity contribution is 0.0588. The van der Waals surface area contributed by atoms with Crippen molar-refractivity contribution >= 4 is 42.8 Å². The highest BCUT2D eigenvalue weighted by molar-refractivity contribution is 7.98. The summed E-state index contributed by atoms with van der Waals surface area (Å²) in [7, 11) is 2.01. The summed E-state index contributed by atoms with van der Waals surface area (Å²) in [6.07, 6.45) is 3.26. The van der Waals surface area contributed by atoms with Crippen molar-refractivity contribution in [2.45, 2.75) is 50.9 Å². The predicted octanol–water partition coefficient (Wildman–Crippen LogP) is 4.29. The van der Waals surface area contributed by atoms with Gasteiger partial charge >= 0.3 is 6.09 Å². The van der Waals surface area contributed by atoms with Crippen LogP contribution in [0, 0.1) is 11.5 Å². The van der Waals surface area contributed by atoms with Crippen LogP contribution in [-0.4, -0.2) is 47.6 Å². The minimum Gasteiger partial charge on any atom is -0.443 e. The maximum Gasteiger partial charge on any atom is 0.415 e. The zero-order valence-electron chi connectivity index (χ0n) is 17.6. The molecule has 0 aromatic carbocycles. The Labute approximate surface area is 166 Å². The molecular weight excluding hydrogens is 376 g/mol. The Morgan fingerprint density at radius 3 is 2.48 bits per heavy atom. The van der Waals surface area contributed by atoms with Crippen LogP contribution in [0.2, 0.25) is 19.6 Å². The van der Waals surface area contributed by atoms with Gasteiger partial charge in [-0.15, -0.1) is 17.3 Å². The third-order valence-corrected chi connectivity index (χ3v) is 5.21. The Morgan fingerprint density at radius 1 is 1.33 bits per heavy atom. The van der Waals surface area contributed by atoms with Gasteiger partial charge in [0.25, 0.3) is 0 Å². The molecule has 6 nitrogen and oxygen atoms in total. The first-order valence-corrected chi connectivity index (χ1v) is 13.5. The number of rotatable bonds is 2. The fourth-order valence-corrected chi connectivity index (χ4v) is 3.58. The van der Waals surface area contributed by atoms with Crippen molar-refractivity contribution in [1.29, 1.82) is 0 Å². The number of hydrogen-bond acceptors (Lipinski definition) is 5. The molecule has 0 aliphatic rings. The van der Waals surface area contributed by atoms with E-state index in [1.165, 1.54) is 4.90 Å². The summed E-state index contributed by atoms with van der Waals surface area (Å²) in [6.45, 7) is 12.1. The van der Waals surface area contributed by atoms with Crippen LogP contribution >= 0.6 is 11.8 Å². The van der Waals surface area contributed by atoms with Crippen molar-refractivity contribution < 1.29 is 9.53 Å². The van der Waals surface area contributed by atoms with Gasteiger partial charge in [0, 0.05) is 14.1 Å². The number of imidazole rings is 1. The highest BCUT2D eigenvalue weighted by Crippen LogP contribution is 2.33. The number of ether oxygens (including phenoxy) is 1. The molecule has 8 heteroatoms. The number of carbonyl (C=O) groups is 1. The number of aromatic nitrogens is 3. The van der Waals surface area contributed by atoms with E-state index < -0.39 is 19.8 Å². The Hall–Kier alpha value is -1.98. The topological polar surface area (TPSA) is 60.3 Å². The molecule has 0 radical (unpaired) electrons. The van der Waals surface area contributed by atoms with E-state index in [0.717, 1.165) is 10.4 Å². The lowest BCUT2D eigenvalue weighted by atomic mass is 10.2. The normalized spacial score (nSPS) is 11.9. The van der Waals surface area contributed by atoms with Crippen LogP contribution in [0.4, 0.5) is 10.6 Å². The molecule has 146 valence electrons. The van der Waals surface area contributed by atoms with E-state index in [2.05, 4.69) is 36.1 Å². The first kappa shape index (κ1) is 21.3. The van der Waals surface area contributed by atoms with Crippen LogP contribution in [0.3, 0.4) is 0 Å². The number of pyridine rings is 1. The molecular formula is C19H28N4O2SSi. The lowest BCUT2D eigenvalue weighted by Gasteiger charge is -2.24. The molecule has 0 saturated carbocycles. The predicted molar refractivity (Wildman–Crippen MR) is 115 cm³/mol. The van der Waals surface area contributed by atoms with E-state index in [0.29, 0.717) is 17.0 Å². The van der Waals surface area contributed by atoms with Gasteiger partial charge in [0.2, 0.25) is 0 Å². The Balaban J connectivity index is 2.69. The number of amides is 1. The third-order valence-electron chi connectivity index (χ3n) is 3.54. The van der Waals surface area contributed by atoms with Crippen LogP contribution in [0.15, 0.2) is 11.2 Å². The molecule has 0 aliphatic heterocycles. The van der Waals surface area contributed by atoms with Crippen molar-refractivity contribution in [1.82, 2.24) is 14.5 Å². The van der Waals surface area contributed by atoms with Crippen molar-refractivity contribution in [2.75, 3.05) is 18.2 Å². The zero-order valence-corrected chi connectivity index (χ0v) is 19.4. The van der Waals surface area contributed by atoms with Gasteiger partial charge in [0.05, 0.1) is 16.7 Å². The van der Waals surface area contributed by atoms with Crippen LogP contribution in [0.5, 0.6) is 0 Å². The molecule has 0 aliphatic carbocycles. The van der Waals surface area contributed by atoms with Crippen molar-refractivity contribution in [3.8, 4) is 11.5 Å². The highest BCUT2D eigenvalue weighted by atomic mass is 32.2. The molecule has 2 heterocycles. The van der Waals surface area contributed by atoms with Gasteiger partial charge in [-0.05, 0) is 27.0 Å². The number of fused-ring (bicyclic) bond motifs is 1. The minimum absolute atomic E-state index is 0.456. The zero-order chi connectivity index (χ0) is 20.6. The summed E-state index contributed by atoms with van der Waals surface area (Å²) in [5.74, 6) is 3.71. The van der Waals surface area contributed by atoms with Crippen molar-refractivity contribution in [3.63, 3.8) is 0 Å². The maximum atomic E-state index is 12.6. The van der Waals surface area contributed by atoms with Crippen molar-refractivity contribution in [3.05, 3.63) is 12.0 Å². The smallest absolute Gasteiger partial charge is 0.415 e. The van der Waals surface area contributed by atoms with Gasteiger partial charge in [0.15, 0.2) is 5.82 Å². The quantitative estimate of drug-likeness (QED) is 0.424. The number of nitrogens with zero attached hydrogens (tertiary/aromatic N) is 4. The highest BCUT2D eigenvalue weighted by Gasteiger charge is 2.26. The summed E-state index contributed by atoms with van der Waals surface area (Å²) >= 11 is 1.59. The largest absolute Gasteiger partial charge is 0.443 e. The van der Waals surface area contributed by atoms with Gasteiger partial charge in [-0.2, -0.15) is 0 Å². The van der Waals surface area contributed by atoms with Crippen LogP contribution in [-0.2, 0) is 11.8 Å². The minimum atomic E-state index is -1.58. The van der Waals surface area contributed by atoms with Gasteiger partial charge in [-0.1, -0.05) is 25.6 Å². The first-order valence-electron chi connectivity index (χ1n) is 8.73. The summed E-state index contributed by atoms with van der Waals surface area (Å²) < 4.78 is 7.44. The third kappa shape index (κ3) is 5.05. The second-order valence-corrected chi connectivity index (χ2v) is 14.0. The first-order chi connectivity index (χ1) is 12.3. The number of thioether (sulfide) groups is 1. The van der Waals surface area contributed by atoms with Gasteiger partial charge < -0.3 is 9.30 Å². The number of anilines is 1. The molecule has 0 fully saturated rings. The second-order valence-electron chi connectivity index (χ2n) is 8.41. The molecule has 2 aromatic heterocycles. The molecule has 0 saturated heterocycles. The monoisotopic (exact) mass is 404 g/mol. The van der Waals surface area contributed by atoms with Gasteiger partial charge in [-0.3, -0.25) is 4.90 Å². The maximum absolute atomic E-state index is 12.6.